The largest absolute Gasteiger partial charge is 0.448 e. The number of rotatable bonds is 3. The minimum atomic E-state index is -0.255. The van der Waals surface area contributed by atoms with Crippen LogP contribution in [0.1, 0.15) is 34.9 Å². The Bertz CT molecular complexity index is 548. The van der Waals surface area contributed by atoms with Gasteiger partial charge in [0.05, 0.1) is 6.04 Å². The molecule has 4 nitrogen and oxygen atoms in total. The summed E-state index contributed by atoms with van der Waals surface area (Å²) in [5, 5.41) is 3.51. The third-order valence-corrected chi connectivity index (χ3v) is 2.82. The molecule has 0 aliphatic carbocycles. The Labute approximate surface area is 110 Å². The van der Waals surface area contributed by atoms with Crippen molar-refractivity contribution in [3.05, 3.63) is 52.7 Å². The van der Waals surface area contributed by atoms with Crippen LogP contribution >= 0.6 is 11.6 Å². The van der Waals surface area contributed by atoms with E-state index < -0.39 is 0 Å². The van der Waals surface area contributed by atoms with E-state index in [1.54, 1.807) is 19.1 Å². The van der Waals surface area contributed by atoms with E-state index in [0.29, 0.717) is 10.9 Å². The number of halogens is 1. The molecule has 0 spiro atoms. The summed E-state index contributed by atoms with van der Waals surface area (Å²) in [6, 6.07) is 7.22. The van der Waals surface area contributed by atoms with Gasteiger partial charge in [-0.25, -0.2) is 4.98 Å². The molecule has 1 aromatic carbocycles. The monoisotopic (exact) mass is 264 g/mol. The lowest BCUT2D eigenvalue weighted by Gasteiger charge is -2.13. The van der Waals surface area contributed by atoms with Crippen molar-refractivity contribution in [1.29, 1.82) is 0 Å². The molecule has 1 atom stereocenters. The fraction of sp³-hybridized carbons (Fsp3) is 0.231. The lowest BCUT2D eigenvalue weighted by Crippen LogP contribution is -2.26. The number of oxazole rings is 1. The molecule has 0 aliphatic rings. The number of carbonyl (C=O) groups excluding carboxylic acids is 1. The van der Waals surface area contributed by atoms with Gasteiger partial charge in [-0.1, -0.05) is 23.7 Å². The van der Waals surface area contributed by atoms with E-state index in [1.807, 2.05) is 19.1 Å². The second-order valence-corrected chi connectivity index (χ2v) is 4.43. The van der Waals surface area contributed by atoms with Crippen LogP contribution in [0.15, 0.2) is 34.9 Å². The van der Waals surface area contributed by atoms with Crippen molar-refractivity contribution in [2.24, 2.45) is 0 Å². The molecule has 1 N–H and O–H groups in total. The highest BCUT2D eigenvalue weighted by molar-refractivity contribution is 6.30. The Morgan fingerprint density at radius 1 is 1.39 bits per heavy atom. The Balaban J connectivity index is 2.05. The molecule has 18 heavy (non-hydrogen) atoms. The summed E-state index contributed by atoms with van der Waals surface area (Å²) in [5.41, 5.74) is 1.27. The van der Waals surface area contributed by atoms with Gasteiger partial charge in [-0.05, 0) is 24.6 Å². The van der Waals surface area contributed by atoms with Crippen LogP contribution in [0.5, 0.6) is 0 Å². The van der Waals surface area contributed by atoms with Gasteiger partial charge in [0.1, 0.15) is 6.26 Å². The molecule has 94 valence electrons. The van der Waals surface area contributed by atoms with E-state index in [9.17, 15) is 4.79 Å². The standard InChI is InChI=1S/C13H13ClN2O2/c1-8(10-3-5-11(14)6-4-10)15-13(17)12-7-18-9(2)16-12/h3-8H,1-2H3,(H,15,17)/t8-/m0/s1. The Hall–Kier alpha value is -1.81. The number of carbonyl (C=O) groups is 1. The second kappa shape index (κ2) is 5.23. The lowest BCUT2D eigenvalue weighted by atomic mass is 10.1. The van der Waals surface area contributed by atoms with Gasteiger partial charge < -0.3 is 9.73 Å². The Morgan fingerprint density at radius 2 is 2.06 bits per heavy atom. The molecule has 0 bridgehead atoms. The van der Waals surface area contributed by atoms with Crippen LogP contribution < -0.4 is 5.32 Å². The van der Waals surface area contributed by atoms with Gasteiger partial charge in [0.2, 0.25) is 0 Å². The Kier molecular flexibility index (Phi) is 3.67. The normalized spacial score (nSPS) is 12.2. The third-order valence-electron chi connectivity index (χ3n) is 2.57. The summed E-state index contributed by atoms with van der Waals surface area (Å²) in [6.07, 6.45) is 1.35. The molecule has 2 rings (SSSR count). The van der Waals surface area contributed by atoms with E-state index in [-0.39, 0.29) is 17.6 Å². The number of hydrogen-bond acceptors (Lipinski definition) is 3. The maximum atomic E-state index is 11.8. The topological polar surface area (TPSA) is 55.1 Å². The van der Waals surface area contributed by atoms with Crippen LogP contribution in [0.2, 0.25) is 5.02 Å². The smallest absolute Gasteiger partial charge is 0.273 e. The minimum Gasteiger partial charge on any atom is -0.448 e. The molecular formula is C13H13ClN2O2. The fourth-order valence-electron chi connectivity index (χ4n) is 1.57. The number of benzene rings is 1. The van der Waals surface area contributed by atoms with Crippen LogP contribution in [0.4, 0.5) is 0 Å². The van der Waals surface area contributed by atoms with E-state index in [4.69, 9.17) is 16.0 Å². The number of aromatic nitrogens is 1. The molecule has 1 amide bonds. The predicted octanol–water partition coefficient (Wildman–Crippen LogP) is 3.13. The van der Waals surface area contributed by atoms with Crippen molar-refractivity contribution in [3.8, 4) is 0 Å². The zero-order valence-corrected chi connectivity index (χ0v) is 10.9. The summed E-state index contributed by atoms with van der Waals surface area (Å²) in [7, 11) is 0. The van der Waals surface area contributed by atoms with Gasteiger partial charge in [-0.2, -0.15) is 0 Å². The van der Waals surface area contributed by atoms with Gasteiger partial charge in [0.15, 0.2) is 11.6 Å². The van der Waals surface area contributed by atoms with Gasteiger partial charge in [-0.15, -0.1) is 0 Å². The average molecular weight is 265 g/mol. The quantitative estimate of drug-likeness (QED) is 0.927. The first kappa shape index (κ1) is 12.6. The van der Waals surface area contributed by atoms with Gasteiger partial charge in [0, 0.05) is 11.9 Å². The van der Waals surface area contributed by atoms with Crippen molar-refractivity contribution >= 4 is 17.5 Å². The second-order valence-electron chi connectivity index (χ2n) is 4.00. The zero-order chi connectivity index (χ0) is 13.1. The summed E-state index contributed by atoms with van der Waals surface area (Å²) >= 11 is 5.81. The summed E-state index contributed by atoms with van der Waals surface area (Å²) < 4.78 is 5.00. The highest BCUT2D eigenvalue weighted by Crippen LogP contribution is 2.16. The molecule has 1 heterocycles. The maximum Gasteiger partial charge on any atom is 0.273 e. The summed E-state index contributed by atoms with van der Waals surface area (Å²) in [6.45, 7) is 3.59. The van der Waals surface area contributed by atoms with Crippen LogP contribution in [0.25, 0.3) is 0 Å². The third kappa shape index (κ3) is 2.90. The van der Waals surface area contributed by atoms with Gasteiger partial charge in [0.25, 0.3) is 5.91 Å². The molecule has 2 aromatic rings. The van der Waals surface area contributed by atoms with Crippen molar-refractivity contribution in [3.63, 3.8) is 0 Å². The van der Waals surface area contributed by atoms with Crippen LogP contribution in [-0.4, -0.2) is 10.9 Å². The molecule has 0 aliphatic heterocycles. The average Bonchev–Trinajstić information content (AvgIpc) is 2.76. The zero-order valence-electron chi connectivity index (χ0n) is 10.1. The highest BCUT2D eigenvalue weighted by Gasteiger charge is 2.14. The van der Waals surface area contributed by atoms with E-state index in [0.717, 1.165) is 5.56 Å². The molecular weight excluding hydrogens is 252 g/mol. The predicted molar refractivity (Wildman–Crippen MR) is 68.6 cm³/mol. The van der Waals surface area contributed by atoms with Crippen molar-refractivity contribution in [1.82, 2.24) is 10.3 Å². The molecule has 0 unspecified atom stereocenters. The van der Waals surface area contributed by atoms with Crippen LogP contribution in [0, 0.1) is 6.92 Å². The molecule has 0 radical (unpaired) electrons. The highest BCUT2D eigenvalue weighted by atomic mass is 35.5. The van der Waals surface area contributed by atoms with Crippen LogP contribution in [-0.2, 0) is 0 Å². The lowest BCUT2D eigenvalue weighted by molar-refractivity contribution is 0.0935. The van der Waals surface area contributed by atoms with Gasteiger partial charge >= 0.3 is 0 Å². The molecule has 1 aromatic heterocycles. The van der Waals surface area contributed by atoms with Crippen LogP contribution in [0.3, 0.4) is 0 Å². The first-order chi connectivity index (χ1) is 8.56. The van der Waals surface area contributed by atoms with Crippen molar-refractivity contribution in [2.75, 3.05) is 0 Å². The van der Waals surface area contributed by atoms with Crippen molar-refractivity contribution in [2.45, 2.75) is 19.9 Å². The number of nitrogens with one attached hydrogen (secondary N) is 1. The fourth-order valence-corrected chi connectivity index (χ4v) is 1.70. The minimum absolute atomic E-state index is 0.119. The Morgan fingerprint density at radius 3 is 2.61 bits per heavy atom. The summed E-state index contributed by atoms with van der Waals surface area (Å²) in [5.74, 6) is 0.216. The SMILES string of the molecule is Cc1nc(C(=O)N[C@@H](C)c2ccc(Cl)cc2)co1. The number of aryl methyl sites for hydroxylation is 1. The van der Waals surface area contributed by atoms with E-state index in [2.05, 4.69) is 10.3 Å². The first-order valence-electron chi connectivity index (χ1n) is 5.54. The molecule has 0 saturated carbocycles. The van der Waals surface area contributed by atoms with E-state index >= 15 is 0 Å². The van der Waals surface area contributed by atoms with Gasteiger partial charge in [-0.3, -0.25) is 4.79 Å². The number of nitrogens with zero attached hydrogens (tertiary/aromatic N) is 1. The molecule has 0 saturated heterocycles. The van der Waals surface area contributed by atoms with Crippen molar-refractivity contribution < 1.29 is 9.21 Å². The first-order valence-corrected chi connectivity index (χ1v) is 5.92. The number of hydrogen-bond donors (Lipinski definition) is 1. The van der Waals surface area contributed by atoms with E-state index in [1.165, 1.54) is 6.26 Å². The molecule has 0 fully saturated rings. The summed E-state index contributed by atoms with van der Waals surface area (Å²) in [4.78, 5) is 15.8. The molecule has 5 heteroatoms. The maximum absolute atomic E-state index is 11.8. The number of amides is 1.